The van der Waals surface area contributed by atoms with Crippen molar-refractivity contribution in [3.8, 4) is 0 Å². The van der Waals surface area contributed by atoms with Crippen molar-refractivity contribution >= 4 is 16.8 Å². The zero-order valence-corrected chi connectivity index (χ0v) is 4.93. The van der Waals surface area contributed by atoms with Crippen LogP contribution in [-0.2, 0) is 4.79 Å². The molecule has 1 nitrogen and oxygen atoms in total. The first-order chi connectivity index (χ1) is 3.80. The maximum Gasteiger partial charge on any atom is 0.232 e. The third kappa shape index (κ3) is 0.984. The predicted octanol–water partition coefficient (Wildman–Crippen LogP) is 1.49. The van der Waals surface area contributed by atoms with E-state index in [2.05, 4.69) is 0 Å². The molecule has 1 aliphatic carbocycles. The average molecular weight is 129 g/mol. The Balaban J connectivity index is 2.62. The lowest BCUT2D eigenvalue weighted by Crippen LogP contribution is -1.97. The molecule has 42 valence electrons. The van der Waals surface area contributed by atoms with Gasteiger partial charge in [0.15, 0.2) is 0 Å². The summed E-state index contributed by atoms with van der Waals surface area (Å²) in [4.78, 5) is 10.3. The van der Waals surface area contributed by atoms with Crippen molar-refractivity contribution in [2.75, 3.05) is 0 Å². The number of allylic oxidation sites excluding steroid dienone is 4. The van der Waals surface area contributed by atoms with E-state index in [1.54, 1.807) is 12.2 Å². The first-order valence-electron chi connectivity index (χ1n) is 2.35. The Morgan fingerprint density at radius 3 is 2.12 bits per heavy atom. The van der Waals surface area contributed by atoms with Gasteiger partial charge in [-0.15, -0.1) is 0 Å². The highest BCUT2D eigenvalue weighted by molar-refractivity contribution is 6.64. The van der Waals surface area contributed by atoms with Gasteiger partial charge in [-0.1, -0.05) is 24.3 Å². The minimum Gasteiger partial charge on any atom is -0.280 e. The molecule has 0 atom stereocenters. The predicted molar refractivity (Wildman–Crippen MR) is 32.6 cm³/mol. The van der Waals surface area contributed by atoms with Crippen LogP contribution in [0.1, 0.15) is 0 Å². The SMILES string of the molecule is O=C(Cl)C1C=CC=C1. The normalized spacial score (nSPS) is 17.6. The van der Waals surface area contributed by atoms with Crippen LogP contribution < -0.4 is 0 Å². The van der Waals surface area contributed by atoms with Gasteiger partial charge in [-0.2, -0.15) is 0 Å². The summed E-state index contributed by atoms with van der Waals surface area (Å²) < 4.78 is 0. The molecule has 0 aromatic heterocycles. The second kappa shape index (κ2) is 2.14. The summed E-state index contributed by atoms with van der Waals surface area (Å²) in [7, 11) is 0. The lowest BCUT2D eigenvalue weighted by atomic mass is 10.2. The first-order valence-corrected chi connectivity index (χ1v) is 2.73. The number of hydrogen-bond acceptors (Lipinski definition) is 1. The number of rotatable bonds is 1. The minimum absolute atomic E-state index is 0.170. The van der Waals surface area contributed by atoms with E-state index in [0.29, 0.717) is 0 Å². The molecule has 1 rings (SSSR count). The molecule has 0 aromatic carbocycles. The van der Waals surface area contributed by atoms with E-state index in [9.17, 15) is 4.79 Å². The maximum atomic E-state index is 10.3. The molecular formula is C6H5ClO. The van der Waals surface area contributed by atoms with Crippen LogP contribution in [-0.4, -0.2) is 5.24 Å². The molecule has 1 aliphatic rings. The second-order valence-corrected chi connectivity index (χ2v) is 1.97. The Labute approximate surface area is 52.6 Å². The number of halogens is 1. The fourth-order valence-corrected chi connectivity index (χ4v) is 0.729. The molecule has 0 aromatic rings. The van der Waals surface area contributed by atoms with Gasteiger partial charge in [-0.05, 0) is 11.6 Å². The molecular weight excluding hydrogens is 124 g/mol. The highest BCUT2D eigenvalue weighted by atomic mass is 35.5. The standard InChI is InChI=1S/C6H5ClO/c7-6(8)5-3-1-2-4-5/h1-5H. The Hall–Kier alpha value is -0.560. The zero-order valence-electron chi connectivity index (χ0n) is 4.17. The van der Waals surface area contributed by atoms with Gasteiger partial charge in [0.1, 0.15) is 0 Å². The summed E-state index contributed by atoms with van der Waals surface area (Å²) in [5, 5.41) is -0.310. The minimum atomic E-state index is -0.310. The molecule has 0 radical (unpaired) electrons. The molecule has 0 fully saturated rings. The lowest BCUT2D eigenvalue weighted by molar-refractivity contribution is -0.112. The molecule has 2 heteroatoms. The van der Waals surface area contributed by atoms with Gasteiger partial charge in [0.25, 0.3) is 0 Å². The number of hydrogen-bond donors (Lipinski definition) is 0. The summed E-state index contributed by atoms with van der Waals surface area (Å²) >= 11 is 5.14. The Bertz CT molecular complexity index is 146. The zero-order chi connectivity index (χ0) is 5.98. The van der Waals surface area contributed by atoms with Gasteiger partial charge in [0, 0.05) is 0 Å². The Kier molecular flexibility index (Phi) is 1.49. The van der Waals surface area contributed by atoms with Crippen molar-refractivity contribution in [3.63, 3.8) is 0 Å². The van der Waals surface area contributed by atoms with Crippen LogP contribution in [0.25, 0.3) is 0 Å². The van der Waals surface area contributed by atoms with Crippen molar-refractivity contribution in [1.82, 2.24) is 0 Å². The van der Waals surface area contributed by atoms with Gasteiger partial charge in [-0.3, -0.25) is 4.79 Å². The van der Waals surface area contributed by atoms with Gasteiger partial charge < -0.3 is 0 Å². The summed E-state index contributed by atoms with van der Waals surface area (Å²) in [6, 6.07) is 0. The third-order valence-electron chi connectivity index (χ3n) is 1.01. The molecule has 0 aliphatic heterocycles. The molecule has 0 unspecified atom stereocenters. The summed E-state index contributed by atoms with van der Waals surface area (Å²) in [6.07, 6.45) is 7.14. The van der Waals surface area contributed by atoms with Gasteiger partial charge in [0.2, 0.25) is 5.24 Å². The monoisotopic (exact) mass is 128 g/mol. The average Bonchev–Trinajstić information content (AvgIpc) is 2.12. The Morgan fingerprint density at radius 2 is 1.88 bits per heavy atom. The summed E-state index contributed by atoms with van der Waals surface area (Å²) in [5.41, 5.74) is 0. The van der Waals surface area contributed by atoms with Crippen molar-refractivity contribution in [2.45, 2.75) is 0 Å². The molecule has 0 heterocycles. The lowest BCUT2D eigenvalue weighted by Gasteiger charge is -1.91. The van der Waals surface area contributed by atoms with Crippen LogP contribution >= 0.6 is 11.6 Å². The third-order valence-corrected chi connectivity index (χ3v) is 1.26. The van der Waals surface area contributed by atoms with Crippen LogP contribution in [0.15, 0.2) is 24.3 Å². The quantitative estimate of drug-likeness (QED) is 0.489. The Morgan fingerprint density at radius 1 is 1.38 bits per heavy atom. The van der Waals surface area contributed by atoms with Crippen LogP contribution in [0.3, 0.4) is 0 Å². The van der Waals surface area contributed by atoms with E-state index < -0.39 is 0 Å². The number of carbonyl (C=O) groups excluding carboxylic acids is 1. The van der Waals surface area contributed by atoms with Gasteiger partial charge >= 0.3 is 0 Å². The van der Waals surface area contributed by atoms with Crippen LogP contribution in [0.5, 0.6) is 0 Å². The van der Waals surface area contributed by atoms with Crippen LogP contribution in [0, 0.1) is 5.92 Å². The van der Waals surface area contributed by atoms with Gasteiger partial charge in [-0.25, -0.2) is 0 Å². The smallest absolute Gasteiger partial charge is 0.232 e. The molecule has 0 N–H and O–H groups in total. The maximum absolute atomic E-state index is 10.3. The van der Waals surface area contributed by atoms with E-state index in [1.807, 2.05) is 12.2 Å². The van der Waals surface area contributed by atoms with Crippen molar-refractivity contribution in [2.24, 2.45) is 5.92 Å². The molecule has 0 saturated carbocycles. The highest BCUT2D eigenvalue weighted by Crippen LogP contribution is 2.11. The summed E-state index contributed by atoms with van der Waals surface area (Å²) in [6.45, 7) is 0. The molecule has 8 heavy (non-hydrogen) atoms. The van der Waals surface area contributed by atoms with E-state index in [1.165, 1.54) is 0 Å². The fourth-order valence-electron chi connectivity index (χ4n) is 0.583. The van der Waals surface area contributed by atoms with Gasteiger partial charge in [0.05, 0.1) is 5.92 Å². The fraction of sp³-hybridized carbons (Fsp3) is 0.167. The summed E-state index contributed by atoms with van der Waals surface area (Å²) in [5.74, 6) is -0.170. The van der Waals surface area contributed by atoms with Crippen molar-refractivity contribution in [1.29, 1.82) is 0 Å². The molecule has 0 bridgehead atoms. The van der Waals surface area contributed by atoms with E-state index >= 15 is 0 Å². The van der Waals surface area contributed by atoms with Crippen molar-refractivity contribution in [3.05, 3.63) is 24.3 Å². The van der Waals surface area contributed by atoms with E-state index in [0.717, 1.165) is 0 Å². The van der Waals surface area contributed by atoms with E-state index in [-0.39, 0.29) is 11.2 Å². The highest BCUT2D eigenvalue weighted by Gasteiger charge is 2.09. The largest absolute Gasteiger partial charge is 0.280 e. The van der Waals surface area contributed by atoms with Crippen molar-refractivity contribution < 1.29 is 4.79 Å². The topological polar surface area (TPSA) is 17.1 Å². The van der Waals surface area contributed by atoms with Crippen LogP contribution in [0.2, 0.25) is 0 Å². The van der Waals surface area contributed by atoms with E-state index in [4.69, 9.17) is 11.6 Å². The first kappa shape index (κ1) is 5.57. The molecule has 0 spiro atoms. The van der Waals surface area contributed by atoms with Crippen LogP contribution in [0.4, 0.5) is 0 Å². The second-order valence-electron chi connectivity index (χ2n) is 1.60. The molecule has 0 saturated heterocycles. The molecule has 0 amide bonds. The number of carbonyl (C=O) groups is 1.